The van der Waals surface area contributed by atoms with Gasteiger partial charge in [-0.15, -0.1) is 0 Å². The molecule has 1 aromatic carbocycles. The van der Waals surface area contributed by atoms with Crippen LogP contribution in [0.2, 0.25) is 5.02 Å². The Morgan fingerprint density at radius 3 is 2.50 bits per heavy atom. The van der Waals surface area contributed by atoms with Crippen molar-refractivity contribution in [3.8, 4) is 11.3 Å². The lowest BCUT2D eigenvalue weighted by molar-refractivity contribution is -0.141. The SMILES string of the molecule is F[14c]1[14cH][14c](Cl)[14c](CBr)[14cH][14c]1-c1n[nH]c(C(F)(F)F)c1Br. The predicted octanol–water partition coefficient (Wildman–Crippen LogP) is 5.55. The number of aromatic amines is 1. The zero-order valence-electron chi connectivity index (χ0n) is 9.45. The fraction of sp³-hybridized carbons (Fsp3) is 0.182. The summed E-state index contributed by atoms with van der Waals surface area (Å²) >= 11 is 11.8. The maximum Gasteiger partial charge on any atom is 0.433 e. The summed E-state index contributed by atoms with van der Waals surface area (Å²) in [4.78, 5) is 0. The zero-order valence-corrected chi connectivity index (χ0v) is 13.4. The van der Waals surface area contributed by atoms with Crippen molar-refractivity contribution in [1.29, 1.82) is 0 Å². The Morgan fingerprint density at radius 2 is 2.00 bits per heavy atom. The average molecular weight is 448 g/mol. The highest BCUT2D eigenvalue weighted by atomic mass is 79.9. The number of nitrogens with one attached hydrogen (secondary N) is 1. The Kier molecular flexibility index (Phi) is 4.46. The van der Waals surface area contributed by atoms with Crippen LogP contribution in [0.3, 0.4) is 0 Å². The molecule has 1 aromatic heterocycles. The predicted molar refractivity (Wildman–Crippen MR) is 74.3 cm³/mol. The van der Waals surface area contributed by atoms with Crippen LogP contribution >= 0.6 is 43.5 Å². The molecule has 2 aromatic rings. The maximum atomic E-state index is 13.9. The summed E-state index contributed by atoms with van der Waals surface area (Å²) in [6.07, 6.45) is -4.61. The van der Waals surface area contributed by atoms with E-state index in [1.807, 2.05) is 5.10 Å². The third-order valence-corrected chi connectivity index (χ3v) is 4.25. The minimum atomic E-state index is -4.61. The highest BCUT2D eigenvalue weighted by molar-refractivity contribution is 9.10. The highest BCUT2D eigenvalue weighted by Crippen LogP contribution is 2.39. The van der Waals surface area contributed by atoms with Gasteiger partial charge < -0.3 is 0 Å². The van der Waals surface area contributed by atoms with E-state index in [9.17, 15) is 17.6 Å². The number of halogens is 7. The van der Waals surface area contributed by atoms with E-state index in [1.54, 1.807) is 0 Å². The average Bonchev–Trinajstić information content (AvgIpc) is 2.71. The first kappa shape index (κ1) is 15.8. The molecule has 0 fully saturated rings. The van der Waals surface area contributed by atoms with Crippen LogP contribution in [0.4, 0.5) is 17.6 Å². The van der Waals surface area contributed by atoms with Gasteiger partial charge in [-0.3, -0.25) is 5.10 Å². The van der Waals surface area contributed by atoms with E-state index in [1.165, 1.54) is 6.07 Å². The summed E-state index contributed by atoms with van der Waals surface area (Å²) in [5, 5.41) is 5.91. The lowest BCUT2D eigenvalue weighted by atomic mass is 10.4. The molecule has 9 heteroatoms. The molecule has 0 spiro atoms. The molecular weight excluding hydrogens is 443 g/mol. The molecule has 0 unspecified atom stereocenters. The van der Waals surface area contributed by atoms with E-state index >= 15 is 0 Å². The van der Waals surface area contributed by atoms with Gasteiger partial charge >= 0.3 is 6.18 Å². The number of rotatable bonds is 2. The second-order valence-corrected chi connectivity index (χ2v) is 5.58. The number of hydrogen-bond donors (Lipinski definition) is 1. The third kappa shape index (κ3) is 2.87. The molecule has 0 aliphatic rings. The van der Waals surface area contributed by atoms with Gasteiger partial charge in [0.1, 0.15) is 11.5 Å². The molecule has 2 nitrogen and oxygen atoms in total. The van der Waals surface area contributed by atoms with Crippen molar-refractivity contribution in [3.63, 3.8) is 0 Å². The molecule has 0 aliphatic heterocycles. The van der Waals surface area contributed by atoms with Crippen LogP contribution in [0.1, 0.15) is 11.3 Å². The molecule has 20 heavy (non-hydrogen) atoms. The fourth-order valence-electron chi connectivity index (χ4n) is 1.57. The summed E-state index contributed by atoms with van der Waals surface area (Å²) in [5.74, 6) is -0.749. The number of H-pyrrole nitrogens is 1. The first-order valence-electron chi connectivity index (χ1n) is 5.11. The van der Waals surface area contributed by atoms with Gasteiger partial charge in [-0.05, 0) is 33.6 Å². The summed E-state index contributed by atoms with van der Waals surface area (Å²) in [6, 6.07) is 2.40. The second kappa shape index (κ2) is 5.65. The Morgan fingerprint density at radius 1 is 1.35 bits per heavy atom. The summed E-state index contributed by atoms with van der Waals surface area (Å²) in [7, 11) is 0. The summed E-state index contributed by atoms with van der Waals surface area (Å²) < 4.78 is 51.5. The minimum absolute atomic E-state index is 0.0672. The number of hydrogen-bond acceptors (Lipinski definition) is 1. The van der Waals surface area contributed by atoms with Crippen molar-refractivity contribution < 1.29 is 17.6 Å². The molecule has 0 radical (unpaired) electrons. The lowest BCUT2D eigenvalue weighted by Gasteiger charge is -2.07. The van der Waals surface area contributed by atoms with Gasteiger partial charge in [-0.1, -0.05) is 27.5 Å². The Bertz CT molecular complexity index is 655. The van der Waals surface area contributed by atoms with Crippen LogP contribution in [-0.2, 0) is 11.5 Å². The van der Waals surface area contributed by atoms with Gasteiger partial charge in [-0.25, -0.2) is 4.39 Å². The van der Waals surface area contributed by atoms with Crippen LogP contribution in [0.15, 0.2) is 16.6 Å². The van der Waals surface area contributed by atoms with Gasteiger partial charge in [0.05, 0.1) is 4.47 Å². The second-order valence-electron chi connectivity index (χ2n) is 3.82. The maximum absolute atomic E-state index is 13.9. The van der Waals surface area contributed by atoms with E-state index < -0.39 is 17.7 Å². The number of nitrogens with zero attached hydrogens (tertiary/aromatic N) is 1. The van der Waals surface area contributed by atoms with Crippen LogP contribution in [0.5, 0.6) is 0 Å². The third-order valence-electron chi connectivity index (χ3n) is 2.53. The summed E-state index contributed by atoms with van der Waals surface area (Å²) in [5.41, 5.74) is -0.745. The molecule has 1 N–H and O–H groups in total. The van der Waals surface area contributed by atoms with Crippen LogP contribution in [0, 0.1) is 5.82 Å². The zero-order chi connectivity index (χ0) is 15.1. The normalized spacial score (nSPS) is 11.9. The molecule has 0 atom stereocenters. The van der Waals surface area contributed by atoms with Crippen LogP contribution < -0.4 is 0 Å². The largest absolute Gasteiger partial charge is 0.433 e. The van der Waals surface area contributed by atoms with Gasteiger partial charge in [-0.2, -0.15) is 18.3 Å². The number of alkyl halides is 4. The van der Waals surface area contributed by atoms with Gasteiger partial charge in [0.25, 0.3) is 0 Å². The van der Waals surface area contributed by atoms with Crippen molar-refractivity contribution in [2.45, 2.75) is 11.5 Å². The van der Waals surface area contributed by atoms with E-state index in [0.717, 1.165) is 6.07 Å². The highest BCUT2D eigenvalue weighted by Gasteiger charge is 2.37. The van der Waals surface area contributed by atoms with Crippen molar-refractivity contribution in [3.05, 3.63) is 38.7 Å². The fourth-order valence-corrected chi connectivity index (χ4v) is 3.03. The molecule has 0 saturated carbocycles. The molecule has 0 bridgehead atoms. The molecule has 108 valence electrons. The van der Waals surface area contributed by atoms with Crippen molar-refractivity contribution >= 4 is 43.5 Å². The Hall–Kier alpha value is -0.600. The smallest absolute Gasteiger partial charge is 0.272 e. The molecule has 2 rings (SSSR count). The Labute approximate surface area is 132 Å². The molecule has 0 aliphatic carbocycles. The van der Waals surface area contributed by atoms with E-state index in [2.05, 4.69) is 37.0 Å². The minimum Gasteiger partial charge on any atom is -0.272 e. The monoisotopic (exact) mass is 446 g/mol. The Balaban J connectivity index is 2.61. The number of benzene rings is 1. The first-order valence-corrected chi connectivity index (χ1v) is 7.40. The standard InChI is InChI=1S/C11H5Br2ClF4N2/c12-3-4-1-5(7(15)2-6(4)14)9-8(13)10(20-19-9)11(16,17)18/h1-2H,3H2,(H,19,20)/i1+2,2+2,4+2,5+2,6+2,7+2. The summed E-state index contributed by atoms with van der Waals surface area (Å²) in [6.45, 7) is 0. The van der Waals surface area contributed by atoms with Gasteiger partial charge in [0, 0.05) is 15.9 Å². The van der Waals surface area contributed by atoms with Crippen LogP contribution in [0.25, 0.3) is 11.3 Å². The molecule has 1 heterocycles. The molecule has 0 saturated heterocycles. The van der Waals surface area contributed by atoms with E-state index in [4.69, 9.17) is 11.6 Å². The number of aromatic nitrogens is 2. The first-order chi connectivity index (χ1) is 9.25. The molecule has 0 amide bonds. The van der Waals surface area contributed by atoms with Crippen LogP contribution in [-0.4, -0.2) is 10.2 Å². The van der Waals surface area contributed by atoms with Crippen molar-refractivity contribution in [1.82, 2.24) is 10.2 Å². The van der Waals surface area contributed by atoms with Crippen molar-refractivity contribution in [2.24, 2.45) is 0 Å². The molecular formula is C11H5Br2ClF4N2. The quantitative estimate of drug-likeness (QED) is 0.474. The van der Waals surface area contributed by atoms with Crippen molar-refractivity contribution in [2.75, 3.05) is 0 Å². The van der Waals surface area contributed by atoms with Gasteiger partial charge in [0.2, 0.25) is 0 Å². The van der Waals surface area contributed by atoms with E-state index in [0.29, 0.717) is 10.9 Å². The lowest BCUT2D eigenvalue weighted by Crippen LogP contribution is -2.06. The van der Waals surface area contributed by atoms with Gasteiger partial charge in [0.15, 0.2) is 5.69 Å². The topological polar surface area (TPSA) is 28.7 Å². The van der Waals surface area contributed by atoms with E-state index in [-0.39, 0.29) is 20.8 Å².